The van der Waals surface area contributed by atoms with Gasteiger partial charge in [0.15, 0.2) is 6.10 Å². The van der Waals surface area contributed by atoms with E-state index in [1.54, 1.807) is 32.4 Å². The fourth-order valence-electron chi connectivity index (χ4n) is 2.43. The Bertz CT molecular complexity index is 742. The number of ether oxygens (including phenoxy) is 3. The highest BCUT2D eigenvalue weighted by atomic mass is 16.5. The third kappa shape index (κ3) is 4.66. The standard InChI is InChI=1S/C20H25NO4/c1-6-17(25-19-11-13(2)7-8-14(19)3)20(22)21-16-12-15(23-4)9-10-18(16)24-5/h7-12,17H,6H2,1-5H3,(H,21,22). The van der Waals surface area contributed by atoms with E-state index in [1.807, 2.05) is 39.0 Å². The monoisotopic (exact) mass is 343 g/mol. The summed E-state index contributed by atoms with van der Waals surface area (Å²) in [5.41, 5.74) is 2.64. The molecule has 2 aromatic rings. The molecule has 0 aliphatic heterocycles. The predicted octanol–water partition coefficient (Wildman–Crippen LogP) is 4.12. The molecule has 0 heterocycles. The summed E-state index contributed by atoms with van der Waals surface area (Å²) in [6.07, 6.45) is -0.0534. The highest BCUT2D eigenvalue weighted by Gasteiger charge is 2.21. The van der Waals surface area contributed by atoms with Crippen molar-refractivity contribution < 1.29 is 19.0 Å². The molecule has 5 heteroatoms. The maximum atomic E-state index is 12.7. The van der Waals surface area contributed by atoms with Crippen LogP contribution < -0.4 is 19.5 Å². The van der Waals surface area contributed by atoms with Crippen LogP contribution in [-0.4, -0.2) is 26.2 Å². The van der Waals surface area contributed by atoms with Crippen LogP contribution in [0.5, 0.6) is 17.2 Å². The van der Waals surface area contributed by atoms with Crippen molar-refractivity contribution >= 4 is 11.6 Å². The maximum absolute atomic E-state index is 12.7. The van der Waals surface area contributed by atoms with Crippen LogP contribution in [-0.2, 0) is 4.79 Å². The first kappa shape index (κ1) is 18.6. The van der Waals surface area contributed by atoms with Gasteiger partial charge in [0, 0.05) is 6.07 Å². The first-order valence-electron chi connectivity index (χ1n) is 8.25. The Labute approximate surface area is 148 Å². The third-order valence-corrected chi connectivity index (χ3v) is 3.94. The molecule has 25 heavy (non-hydrogen) atoms. The van der Waals surface area contributed by atoms with Gasteiger partial charge in [0.25, 0.3) is 5.91 Å². The van der Waals surface area contributed by atoms with Gasteiger partial charge in [-0.3, -0.25) is 4.79 Å². The Hall–Kier alpha value is -2.69. The van der Waals surface area contributed by atoms with E-state index in [4.69, 9.17) is 14.2 Å². The van der Waals surface area contributed by atoms with E-state index in [0.29, 0.717) is 23.6 Å². The number of hydrogen-bond donors (Lipinski definition) is 1. The lowest BCUT2D eigenvalue weighted by atomic mass is 10.1. The molecule has 1 amide bonds. The Morgan fingerprint density at radius 3 is 2.44 bits per heavy atom. The van der Waals surface area contributed by atoms with Crippen molar-refractivity contribution in [2.75, 3.05) is 19.5 Å². The van der Waals surface area contributed by atoms with Gasteiger partial charge in [0.2, 0.25) is 0 Å². The molecule has 5 nitrogen and oxygen atoms in total. The van der Waals surface area contributed by atoms with Gasteiger partial charge in [-0.15, -0.1) is 0 Å². The molecular formula is C20H25NO4. The molecule has 0 aliphatic rings. The predicted molar refractivity (Wildman–Crippen MR) is 98.8 cm³/mol. The zero-order valence-electron chi connectivity index (χ0n) is 15.4. The summed E-state index contributed by atoms with van der Waals surface area (Å²) in [5.74, 6) is 1.70. The van der Waals surface area contributed by atoms with E-state index < -0.39 is 6.10 Å². The number of hydrogen-bond acceptors (Lipinski definition) is 4. The topological polar surface area (TPSA) is 56.8 Å². The number of carbonyl (C=O) groups excluding carboxylic acids is 1. The molecule has 0 aliphatic carbocycles. The fourth-order valence-corrected chi connectivity index (χ4v) is 2.43. The highest BCUT2D eigenvalue weighted by molar-refractivity contribution is 5.95. The van der Waals surface area contributed by atoms with Crippen molar-refractivity contribution in [3.63, 3.8) is 0 Å². The minimum absolute atomic E-state index is 0.227. The zero-order valence-corrected chi connectivity index (χ0v) is 15.4. The molecule has 0 fully saturated rings. The van der Waals surface area contributed by atoms with Crippen LogP contribution in [0.15, 0.2) is 36.4 Å². The molecule has 2 rings (SSSR count). The summed E-state index contributed by atoms with van der Waals surface area (Å²) in [4.78, 5) is 12.7. The first-order valence-corrected chi connectivity index (χ1v) is 8.25. The fraction of sp³-hybridized carbons (Fsp3) is 0.350. The lowest BCUT2D eigenvalue weighted by molar-refractivity contribution is -0.122. The number of carbonyl (C=O) groups is 1. The van der Waals surface area contributed by atoms with E-state index >= 15 is 0 Å². The number of methoxy groups -OCH3 is 2. The molecule has 0 aromatic heterocycles. The molecule has 2 aromatic carbocycles. The molecule has 0 bridgehead atoms. The summed E-state index contributed by atoms with van der Waals surface area (Å²) < 4.78 is 16.5. The Morgan fingerprint density at radius 1 is 1.04 bits per heavy atom. The first-order chi connectivity index (χ1) is 12.0. The minimum atomic E-state index is -0.601. The van der Waals surface area contributed by atoms with Crippen LogP contribution in [0.4, 0.5) is 5.69 Å². The maximum Gasteiger partial charge on any atom is 0.265 e. The number of rotatable bonds is 7. The van der Waals surface area contributed by atoms with Crippen LogP contribution in [0.25, 0.3) is 0 Å². The lowest BCUT2D eigenvalue weighted by Gasteiger charge is -2.20. The Kier molecular flexibility index (Phi) is 6.28. The number of benzene rings is 2. The van der Waals surface area contributed by atoms with Gasteiger partial charge < -0.3 is 19.5 Å². The SMILES string of the molecule is CCC(Oc1cc(C)ccc1C)C(=O)Nc1cc(OC)ccc1OC. The molecule has 0 saturated carbocycles. The second kappa shape index (κ2) is 8.42. The van der Waals surface area contributed by atoms with E-state index in [2.05, 4.69) is 5.32 Å². The van der Waals surface area contributed by atoms with E-state index in [0.717, 1.165) is 16.9 Å². The Balaban J connectivity index is 2.19. The average Bonchev–Trinajstić information content (AvgIpc) is 2.62. The highest BCUT2D eigenvalue weighted by Crippen LogP contribution is 2.29. The van der Waals surface area contributed by atoms with E-state index in [1.165, 1.54) is 0 Å². The van der Waals surface area contributed by atoms with Crippen molar-refractivity contribution in [2.24, 2.45) is 0 Å². The number of aryl methyl sites for hydroxylation is 2. The molecule has 134 valence electrons. The molecule has 1 atom stereocenters. The second-order valence-corrected chi connectivity index (χ2v) is 5.84. The van der Waals surface area contributed by atoms with E-state index in [9.17, 15) is 4.79 Å². The summed E-state index contributed by atoms with van der Waals surface area (Å²) in [6, 6.07) is 11.2. The van der Waals surface area contributed by atoms with E-state index in [-0.39, 0.29) is 5.91 Å². The van der Waals surface area contributed by atoms with Gasteiger partial charge in [-0.25, -0.2) is 0 Å². The second-order valence-electron chi connectivity index (χ2n) is 5.84. The molecule has 0 radical (unpaired) electrons. The van der Waals surface area contributed by atoms with Gasteiger partial charge in [-0.2, -0.15) is 0 Å². The summed E-state index contributed by atoms with van der Waals surface area (Å²) in [7, 11) is 3.13. The van der Waals surface area contributed by atoms with Crippen molar-refractivity contribution in [3.8, 4) is 17.2 Å². The largest absolute Gasteiger partial charge is 0.497 e. The molecule has 1 N–H and O–H groups in total. The number of amides is 1. The summed E-state index contributed by atoms with van der Waals surface area (Å²) in [6.45, 7) is 5.87. The van der Waals surface area contributed by atoms with Crippen LogP contribution in [0.1, 0.15) is 24.5 Å². The third-order valence-electron chi connectivity index (χ3n) is 3.94. The van der Waals surface area contributed by atoms with Crippen molar-refractivity contribution in [1.29, 1.82) is 0 Å². The van der Waals surface area contributed by atoms with Gasteiger partial charge in [-0.1, -0.05) is 19.1 Å². The van der Waals surface area contributed by atoms with Gasteiger partial charge in [-0.05, 0) is 49.6 Å². The van der Waals surface area contributed by atoms with Crippen LogP contribution in [0.3, 0.4) is 0 Å². The number of anilines is 1. The van der Waals surface area contributed by atoms with Crippen LogP contribution >= 0.6 is 0 Å². The summed E-state index contributed by atoms with van der Waals surface area (Å²) >= 11 is 0. The quantitative estimate of drug-likeness (QED) is 0.822. The zero-order chi connectivity index (χ0) is 18.4. The lowest BCUT2D eigenvalue weighted by Crippen LogP contribution is -2.32. The average molecular weight is 343 g/mol. The van der Waals surface area contributed by atoms with Crippen molar-refractivity contribution in [3.05, 3.63) is 47.5 Å². The minimum Gasteiger partial charge on any atom is -0.497 e. The Morgan fingerprint density at radius 2 is 1.80 bits per heavy atom. The van der Waals surface area contributed by atoms with Crippen LogP contribution in [0, 0.1) is 13.8 Å². The smallest absolute Gasteiger partial charge is 0.265 e. The number of nitrogens with one attached hydrogen (secondary N) is 1. The summed E-state index contributed by atoms with van der Waals surface area (Å²) in [5, 5.41) is 2.87. The van der Waals surface area contributed by atoms with Gasteiger partial charge in [0.05, 0.1) is 19.9 Å². The van der Waals surface area contributed by atoms with Crippen LogP contribution in [0.2, 0.25) is 0 Å². The normalized spacial score (nSPS) is 11.6. The van der Waals surface area contributed by atoms with Gasteiger partial charge >= 0.3 is 0 Å². The molecule has 0 saturated heterocycles. The van der Waals surface area contributed by atoms with Gasteiger partial charge in [0.1, 0.15) is 17.2 Å². The van der Waals surface area contributed by atoms with Crippen molar-refractivity contribution in [1.82, 2.24) is 0 Å². The molecule has 0 spiro atoms. The molecular weight excluding hydrogens is 318 g/mol. The van der Waals surface area contributed by atoms with Crippen molar-refractivity contribution in [2.45, 2.75) is 33.3 Å². The molecule has 1 unspecified atom stereocenters.